The first kappa shape index (κ1) is 27.3. The molecule has 0 unspecified atom stereocenters. The van der Waals surface area contributed by atoms with Crippen LogP contribution in [0.4, 0.5) is 40.4 Å². The predicted molar refractivity (Wildman–Crippen MR) is 140 cm³/mol. The number of hydrogen-bond donors (Lipinski definition) is 3. The van der Waals surface area contributed by atoms with Crippen molar-refractivity contribution in [3.63, 3.8) is 0 Å². The van der Waals surface area contributed by atoms with Crippen LogP contribution in [0.5, 0.6) is 0 Å². The van der Waals surface area contributed by atoms with E-state index in [9.17, 15) is 27.2 Å². The molecule has 2 aliphatic rings. The molecule has 2 fully saturated rings. The van der Waals surface area contributed by atoms with Crippen LogP contribution in [0.3, 0.4) is 0 Å². The topological polar surface area (TPSA) is 108 Å². The minimum absolute atomic E-state index is 0.0474. The summed E-state index contributed by atoms with van der Waals surface area (Å²) in [6.07, 6.45) is -0.488. The Hall–Kier alpha value is -4.26. The van der Waals surface area contributed by atoms with E-state index >= 15 is 0 Å². The van der Waals surface area contributed by atoms with Crippen molar-refractivity contribution in [2.24, 2.45) is 5.92 Å². The van der Waals surface area contributed by atoms with E-state index < -0.39 is 35.1 Å². The van der Waals surface area contributed by atoms with E-state index in [-0.39, 0.29) is 16.9 Å². The van der Waals surface area contributed by atoms with Gasteiger partial charge >= 0.3 is 6.18 Å². The standard InChI is InChI=1S/C27H26F4N6O3/c28-18-9-17(10-21(11-18)37-5-7-40-8-6-37)25(38)36-20-12-22(24(34-15-20)27(29,30)31)26(39)35-19-3-4-23(33-14-19)32-13-16-1-2-16/h3-4,9-12,14-16H,1-2,5-8,13H2,(H,32,33)(H,35,39)(H,36,38). The van der Waals surface area contributed by atoms with E-state index in [0.717, 1.165) is 37.7 Å². The minimum Gasteiger partial charge on any atom is -0.378 e. The van der Waals surface area contributed by atoms with Gasteiger partial charge in [0, 0.05) is 30.9 Å². The zero-order chi connectivity index (χ0) is 28.3. The Bertz CT molecular complexity index is 1390. The molecule has 1 aromatic carbocycles. The fourth-order valence-corrected chi connectivity index (χ4v) is 4.19. The molecule has 2 aromatic heterocycles. The number of morpholine rings is 1. The summed E-state index contributed by atoms with van der Waals surface area (Å²) in [4.78, 5) is 35.2. The van der Waals surface area contributed by atoms with Crippen LogP contribution in [0.15, 0.2) is 48.8 Å². The number of amides is 2. The first-order valence-electron chi connectivity index (χ1n) is 12.7. The van der Waals surface area contributed by atoms with E-state index in [1.165, 1.54) is 24.4 Å². The molecular weight excluding hydrogens is 532 g/mol. The first-order valence-corrected chi connectivity index (χ1v) is 12.7. The molecule has 40 heavy (non-hydrogen) atoms. The van der Waals surface area contributed by atoms with Crippen LogP contribution in [-0.4, -0.2) is 54.6 Å². The summed E-state index contributed by atoms with van der Waals surface area (Å²) in [5.74, 6) is -1.31. The second kappa shape index (κ2) is 11.5. The number of rotatable bonds is 8. The zero-order valence-electron chi connectivity index (χ0n) is 21.2. The number of nitrogens with zero attached hydrogens (tertiary/aromatic N) is 3. The van der Waals surface area contributed by atoms with E-state index in [1.54, 1.807) is 6.07 Å². The van der Waals surface area contributed by atoms with Gasteiger partial charge in [0.05, 0.1) is 42.5 Å². The van der Waals surface area contributed by atoms with Crippen molar-refractivity contribution in [1.82, 2.24) is 9.97 Å². The molecule has 0 bridgehead atoms. The lowest BCUT2D eigenvalue weighted by Gasteiger charge is -2.29. The summed E-state index contributed by atoms with van der Waals surface area (Å²) in [6.45, 7) is 2.72. The molecule has 0 spiro atoms. The number of halogens is 4. The number of hydrogen-bond acceptors (Lipinski definition) is 7. The number of benzene rings is 1. The average Bonchev–Trinajstić information content (AvgIpc) is 3.77. The van der Waals surface area contributed by atoms with Crippen LogP contribution < -0.4 is 20.9 Å². The molecule has 13 heteroatoms. The van der Waals surface area contributed by atoms with Crippen LogP contribution in [-0.2, 0) is 10.9 Å². The number of aromatic nitrogens is 2. The van der Waals surface area contributed by atoms with Gasteiger partial charge < -0.3 is 25.6 Å². The molecule has 3 heterocycles. The quantitative estimate of drug-likeness (QED) is 0.341. The largest absolute Gasteiger partial charge is 0.434 e. The van der Waals surface area contributed by atoms with Crippen LogP contribution in [0, 0.1) is 11.7 Å². The summed E-state index contributed by atoms with van der Waals surface area (Å²) in [5.41, 5.74) is -1.78. The van der Waals surface area contributed by atoms with Gasteiger partial charge in [-0.2, -0.15) is 13.2 Å². The van der Waals surface area contributed by atoms with E-state index in [4.69, 9.17) is 4.74 Å². The third kappa shape index (κ3) is 6.84. The molecule has 1 saturated carbocycles. The molecule has 3 aromatic rings. The molecule has 1 saturated heterocycles. The van der Waals surface area contributed by atoms with Crippen molar-refractivity contribution in [2.75, 3.05) is 53.7 Å². The highest BCUT2D eigenvalue weighted by Crippen LogP contribution is 2.32. The summed E-state index contributed by atoms with van der Waals surface area (Å²) in [6, 6.07) is 7.79. The number of carbonyl (C=O) groups is 2. The number of alkyl halides is 3. The second-order valence-corrected chi connectivity index (χ2v) is 9.58. The molecule has 2 amide bonds. The molecule has 0 radical (unpaired) electrons. The maximum atomic E-state index is 14.3. The summed E-state index contributed by atoms with van der Waals surface area (Å²) in [5, 5.41) is 7.96. The Morgan fingerprint density at radius 3 is 2.35 bits per heavy atom. The van der Waals surface area contributed by atoms with E-state index in [1.807, 2.05) is 4.90 Å². The molecule has 0 atom stereocenters. The van der Waals surface area contributed by atoms with Crippen LogP contribution >= 0.6 is 0 Å². The van der Waals surface area contributed by atoms with Gasteiger partial charge in [-0.25, -0.2) is 14.4 Å². The highest BCUT2D eigenvalue weighted by molar-refractivity contribution is 6.08. The Balaban J connectivity index is 1.33. The fraction of sp³-hybridized carbons (Fsp3) is 0.333. The van der Waals surface area contributed by atoms with Crippen LogP contribution in [0.25, 0.3) is 0 Å². The Morgan fingerprint density at radius 1 is 0.950 bits per heavy atom. The third-order valence-electron chi connectivity index (χ3n) is 6.47. The van der Waals surface area contributed by atoms with Crippen molar-refractivity contribution in [2.45, 2.75) is 19.0 Å². The van der Waals surface area contributed by atoms with Gasteiger partial charge in [-0.3, -0.25) is 9.59 Å². The van der Waals surface area contributed by atoms with Crippen molar-refractivity contribution in [3.05, 3.63) is 71.4 Å². The molecule has 210 valence electrons. The maximum absolute atomic E-state index is 14.3. The predicted octanol–water partition coefficient (Wildman–Crippen LogP) is 4.80. The third-order valence-corrected chi connectivity index (χ3v) is 6.47. The Labute approximate surface area is 226 Å². The first-order chi connectivity index (χ1) is 19.2. The van der Waals surface area contributed by atoms with Gasteiger partial charge in [0.25, 0.3) is 11.8 Å². The number of anilines is 4. The van der Waals surface area contributed by atoms with Gasteiger partial charge in [0.15, 0.2) is 5.69 Å². The van der Waals surface area contributed by atoms with Crippen LogP contribution in [0.1, 0.15) is 39.3 Å². The minimum atomic E-state index is -4.93. The summed E-state index contributed by atoms with van der Waals surface area (Å²) in [7, 11) is 0. The van der Waals surface area contributed by atoms with Crippen LogP contribution in [0.2, 0.25) is 0 Å². The van der Waals surface area contributed by atoms with E-state index in [0.29, 0.717) is 43.7 Å². The lowest BCUT2D eigenvalue weighted by molar-refractivity contribution is -0.141. The fourth-order valence-electron chi connectivity index (χ4n) is 4.19. The van der Waals surface area contributed by atoms with Crippen molar-refractivity contribution in [1.29, 1.82) is 0 Å². The monoisotopic (exact) mass is 558 g/mol. The number of pyridine rings is 2. The molecule has 3 N–H and O–H groups in total. The SMILES string of the molecule is O=C(Nc1cnc(C(F)(F)F)c(C(=O)Nc2ccc(NCC3CC3)nc2)c1)c1cc(F)cc(N2CCOCC2)c1. The number of ether oxygens (including phenoxy) is 1. The Morgan fingerprint density at radius 2 is 1.68 bits per heavy atom. The highest BCUT2D eigenvalue weighted by Gasteiger charge is 2.37. The molecule has 9 nitrogen and oxygen atoms in total. The van der Waals surface area contributed by atoms with Crippen molar-refractivity contribution >= 4 is 34.7 Å². The maximum Gasteiger partial charge on any atom is 0.434 e. The van der Waals surface area contributed by atoms with Gasteiger partial charge in [-0.05, 0) is 55.2 Å². The van der Waals surface area contributed by atoms with Gasteiger partial charge in [0.1, 0.15) is 11.6 Å². The zero-order valence-corrected chi connectivity index (χ0v) is 21.2. The smallest absolute Gasteiger partial charge is 0.378 e. The van der Waals surface area contributed by atoms with Crippen molar-refractivity contribution in [3.8, 4) is 0 Å². The molecule has 1 aliphatic carbocycles. The summed E-state index contributed by atoms with van der Waals surface area (Å²) >= 11 is 0. The summed E-state index contributed by atoms with van der Waals surface area (Å²) < 4.78 is 60.6. The Kier molecular flexibility index (Phi) is 7.83. The number of carbonyl (C=O) groups excluding carboxylic acids is 2. The van der Waals surface area contributed by atoms with Gasteiger partial charge in [0.2, 0.25) is 0 Å². The van der Waals surface area contributed by atoms with Gasteiger partial charge in [-0.1, -0.05) is 0 Å². The molecule has 1 aliphatic heterocycles. The van der Waals surface area contributed by atoms with Crippen molar-refractivity contribution < 1.29 is 31.9 Å². The number of nitrogens with one attached hydrogen (secondary N) is 3. The second-order valence-electron chi connectivity index (χ2n) is 9.58. The normalized spacial score (nSPS) is 15.4. The molecule has 5 rings (SSSR count). The van der Waals surface area contributed by atoms with E-state index in [2.05, 4.69) is 25.9 Å². The lowest BCUT2D eigenvalue weighted by atomic mass is 10.1. The highest BCUT2D eigenvalue weighted by atomic mass is 19.4. The average molecular weight is 559 g/mol. The molecular formula is C27H26F4N6O3. The van der Waals surface area contributed by atoms with Gasteiger partial charge in [-0.15, -0.1) is 0 Å². The lowest BCUT2D eigenvalue weighted by Crippen LogP contribution is -2.36.